The smallest absolute Gasteiger partial charge is 0.266 e. The lowest BCUT2D eigenvalue weighted by atomic mass is 10.1. The number of hydrogen-bond acceptors (Lipinski definition) is 5. The first kappa shape index (κ1) is 17.7. The number of thioether (sulfide) groups is 1. The van der Waals surface area contributed by atoms with E-state index in [0.717, 1.165) is 28.2 Å². The molecule has 0 aliphatic carbocycles. The molecule has 2 heterocycles. The molecule has 0 N–H and O–H groups in total. The van der Waals surface area contributed by atoms with Gasteiger partial charge in [-0.1, -0.05) is 55.5 Å². The van der Waals surface area contributed by atoms with Crippen LogP contribution in [0.25, 0.3) is 17.0 Å². The number of carboxylic acids is 1. The summed E-state index contributed by atoms with van der Waals surface area (Å²) in [5, 5.41) is 12.4. The van der Waals surface area contributed by atoms with Gasteiger partial charge in [0.1, 0.15) is 4.32 Å². The fourth-order valence-electron chi connectivity index (χ4n) is 3.00. The minimum atomic E-state index is -1.27. The number of aromatic nitrogens is 1. The normalized spacial score (nSPS) is 17.7. The number of benzene rings is 1. The second-order valence-electron chi connectivity index (χ2n) is 5.89. The number of amides is 1. The van der Waals surface area contributed by atoms with Crippen LogP contribution in [0.5, 0.6) is 0 Å². The van der Waals surface area contributed by atoms with Crippen molar-refractivity contribution in [2.75, 3.05) is 0 Å². The summed E-state index contributed by atoms with van der Waals surface area (Å²) in [6.45, 7) is 1.86. The molecule has 1 aromatic carbocycles. The number of aryl methyl sites for hydroxylation is 1. The minimum absolute atomic E-state index is 0.263. The first-order valence-corrected chi connectivity index (χ1v) is 9.18. The Morgan fingerprint density at radius 2 is 2.12 bits per heavy atom. The van der Waals surface area contributed by atoms with Crippen molar-refractivity contribution in [2.24, 2.45) is 7.05 Å². The van der Waals surface area contributed by atoms with Crippen molar-refractivity contribution in [2.45, 2.75) is 25.8 Å². The van der Waals surface area contributed by atoms with Crippen molar-refractivity contribution >= 4 is 57.2 Å². The third-order valence-electron chi connectivity index (χ3n) is 4.18. The molecule has 1 fully saturated rings. The van der Waals surface area contributed by atoms with Gasteiger partial charge < -0.3 is 14.5 Å². The number of fused-ring (bicyclic) bond motifs is 1. The molecule has 25 heavy (non-hydrogen) atoms. The summed E-state index contributed by atoms with van der Waals surface area (Å²) in [5.41, 5.74) is 1.96. The lowest BCUT2D eigenvalue weighted by molar-refractivity contribution is -0.310. The molecule has 1 atom stereocenters. The Hall–Kier alpha value is -2.12. The van der Waals surface area contributed by atoms with Crippen LogP contribution in [0.3, 0.4) is 0 Å². The third-order valence-corrected chi connectivity index (χ3v) is 5.51. The highest BCUT2D eigenvalue weighted by molar-refractivity contribution is 8.26. The Bertz CT molecular complexity index is 901. The molecule has 1 aliphatic rings. The number of thiocarbonyl (C=S) groups is 1. The summed E-state index contributed by atoms with van der Waals surface area (Å²) in [7, 11) is 1.94. The number of carbonyl (C=O) groups is 2. The van der Waals surface area contributed by atoms with Gasteiger partial charge in [0, 0.05) is 29.7 Å². The maximum atomic E-state index is 12.7. The van der Waals surface area contributed by atoms with Gasteiger partial charge in [0.15, 0.2) is 0 Å². The van der Waals surface area contributed by atoms with E-state index < -0.39 is 12.0 Å². The van der Waals surface area contributed by atoms with E-state index in [2.05, 4.69) is 0 Å². The quantitative estimate of drug-likeness (QED) is 0.594. The number of aliphatic carboxylic acids is 1. The largest absolute Gasteiger partial charge is 0.548 e. The van der Waals surface area contributed by atoms with E-state index in [1.165, 1.54) is 4.90 Å². The molecule has 0 spiro atoms. The lowest BCUT2D eigenvalue weighted by Crippen LogP contribution is -2.49. The molecular formula is C18H17N2O3S2-. The van der Waals surface area contributed by atoms with Crippen molar-refractivity contribution in [3.05, 3.63) is 40.9 Å². The topological polar surface area (TPSA) is 65.4 Å². The van der Waals surface area contributed by atoms with Crippen molar-refractivity contribution in [1.29, 1.82) is 0 Å². The van der Waals surface area contributed by atoms with E-state index in [4.69, 9.17) is 12.2 Å². The minimum Gasteiger partial charge on any atom is -0.548 e. The highest BCUT2D eigenvalue weighted by Crippen LogP contribution is 2.36. The van der Waals surface area contributed by atoms with Crippen LogP contribution < -0.4 is 5.11 Å². The molecule has 1 aliphatic heterocycles. The Labute approximate surface area is 155 Å². The van der Waals surface area contributed by atoms with Crippen LogP contribution in [-0.4, -0.2) is 31.7 Å². The molecule has 0 bridgehead atoms. The molecular weight excluding hydrogens is 356 g/mol. The predicted octanol–water partition coefficient (Wildman–Crippen LogP) is 2.30. The molecule has 0 saturated carbocycles. The van der Waals surface area contributed by atoms with Crippen molar-refractivity contribution in [3.63, 3.8) is 0 Å². The Morgan fingerprint density at radius 3 is 2.80 bits per heavy atom. The summed E-state index contributed by atoms with van der Waals surface area (Å²) in [6, 6.07) is 6.88. The van der Waals surface area contributed by atoms with Gasteiger partial charge in [0.25, 0.3) is 5.91 Å². The second-order valence-corrected chi connectivity index (χ2v) is 7.56. The van der Waals surface area contributed by atoms with Gasteiger partial charge in [-0.2, -0.15) is 0 Å². The van der Waals surface area contributed by atoms with Crippen LogP contribution >= 0.6 is 24.0 Å². The second kappa shape index (κ2) is 7.01. The third kappa shape index (κ3) is 3.21. The number of carbonyl (C=O) groups excluding carboxylic acids is 2. The highest BCUT2D eigenvalue weighted by atomic mass is 32.2. The van der Waals surface area contributed by atoms with Gasteiger partial charge in [-0.05, 0) is 18.6 Å². The number of carboxylic acid groups (broad SMARTS) is 1. The molecule has 5 nitrogen and oxygen atoms in total. The summed E-state index contributed by atoms with van der Waals surface area (Å²) in [4.78, 5) is 25.8. The summed E-state index contributed by atoms with van der Waals surface area (Å²) >= 11 is 6.39. The number of para-hydroxylation sites is 1. The first-order valence-electron chi connectivity index (χ1n) is 7.96. The lowest BCUT2D eigenvalue weighted by Gasteiger charge is -2.27. The molecule has 1 aromatic heterocycles. The average Bonchev–Trinajstić information content (AvgIpc) is 3.03. The van der Waals surface area contributed by atoms with E-state index in [1.54, 1.807) is 6.08 Å². The van der Waals surface area contributed by atoms with Crippen LogP contribution in [0.4, 0.5) is 0 Å². The van der Waals surface area contributed by atoms with Gasteiger partial charge in [-0.25, -0.2) is 0 Å². The predicted molar refractivity (Wildman–Crippen MR) is 102 cm³/mol. The average molecular weight is 373 g/mol. The first-order chi connectivity index (χ1) is 11.9. The Morgan fingerprint density at radius 1 is 1.40 bits per heavy atom. The van der Waals surface area contributed by atoms with Gasteiger partial charge in [0.2, 0.25) is 0 Å². The zero-order valence-electron chi connectivity index (χ0n) is 13.9. The van der Waals surface area contributed by atoms with Gasteiger partial charge in [-0.15, -0.1) is 0 Å². The number of rotatable bonds is 5. The monoisotopic (exact) mass is 373 g/mol. The maximum Gasteiger partial charge on any atom is 0.266 e. The molecule has 130 valence electrons. The summed E-state index contributed by atoms with van der Waals surface area (Å²) < 4.78 is 2.25. The summed E-state index contributed by atoms with van der Waals surface area (Å²) in [5.74, 6) is -1.64. The number of hydrogen-bond donors (Lipinski definition) is 0. The van der Waals surface area contributed by atoms with Gasteiger partial charge >= 0.3 is 0 Å². The van der Waals surface area contributed by atoms with E-state index in [-0.39, 0.29) is 10.2 Å². The van der Waals surface area contributed by atoms with Crippen LogP contribution in [0, 0.1) is 0 Å². The van der Waals surface area contributed by atoms with Crippen LogP contribution in [0.1, 0.15) is 25.3 Å². The van der Waals surface area contributed by atoms with E-state index >= 15 is 0 Å². The van der Waals surface area contributed by atoms with E-state index in [1.807, 2.05) is 49.0 Å². The standard InChI is InChI=1S/C18H18N2O3S2/c1-3-6-14(17(22)23)20-16(21)15(25-18(20)24)9-11-10-19(2)13-8-5-4-7-12(11)13/h4-5,7-10,14H,3,6H2,1-2H3,(H,22,23)/p-1/b15-9-/t14-/m1/s1. The van der Waals surface area contributed by atoms with Gasteiger partial charge in [0.05, 0.1) is 16.9 Å². The number of nitrogens with zero attached hydrogens (tertiary/aromatic N) is 2. The fourth-order valence-corrected chi connectivity index (χ4v) is 4.35. The molecule has 2 aromatic rings. The molecule has 1 saturated heterocycles. The van der Waals surface area contributed by atoms with Crippen LogP contribution in [0.2, 0.25) is 0 Å². The molecule has 7 heteroatoms. The Balaban J connectivity index is 1.98. The van der Waals surface area contributed by atoms with Crippen LogP contribution in [-0.2, 0) is 16.6 Å². The zero-order valence-corrected chi connectivity index (χ0v) is 15.5. The molecule has 0 unspecified atom stereocenters. The van der Waals surface area contributed by atoms with Crippen LogP contribution in [0.15, 0.2) is 35.4 Å². The zero-order chi connectivity index (χ0) is 18.1. The van der Waals surface area contributed by atoms with Gasteiger partial charge in [-0.3, -0.25) is 9.69 Å². The fraction of sp³-hybridized carbons (Fsp3) is 0.278. The molecule has 3 rings (SSSR count). The van der Waals surface area contributed by atoms with Crippen molar-refractivity contribution < 1.29 is 14.7 Å². The van der Waals surface area contributed by atoms with Crippen molar-refractivity contribution in [3.8, 4) is 0 Å². The summed E-state index contributed by atoms with van der Waals surface area (Å²) in [6.07, 6.45) is 4.66. The highest BCUT2D eigenvalue weighted by Gasteiger charge is 2.37. The molecule has 1 amide bonds. The van der Waals surface area contributed by atoms with Crippen molar-refractivity contribution in [1.82, 2.24) is 9.47 Å². The molecule has 0 radical (unpaired) electrons. The van der Waals surface area contributed by atoms with E-state index in [0.29, 0.717) is 17.7 Å². The Kier molecular flexibility index (Phi) is 4.96. The van der Waals surface area contributed by atoms with E-state index in [9.17, 15) is 14.7 Å². The SMILES string of the molecule is CCC[C@H](C(=O)[O-])N1C(=O)/C(=C/c2cn(C)c3ccccc23)SC1=S. The maximum absolute atomic E-state index is 12.7.